The predicted molar refractivity (Wildman–Crippen MR) is 104 cm³/mol. The normalized spacial score (nSPS) is 11.9. The molecule has 0 fully saturated rings. The Morgan fingerprint density at radius 2 is 1.93 bits per heavy atom. The van der Waals surface area contributed by atoms with E-state index in [1.165, 1.54) is 6.20 Å². The van der Waals surface area contributed by atoms with Crippen LogP contribution in [0.3, 0.4) is 0 Å². The summed E-state index contributed by atoms with van der Waals surface area (Å²) in [5.74, 6) is 1.90. The minimum Gasteiger partial charge on any atom is -0.454 e. The van der Waals surface area contributed by atoms with Crippen LogP contribution in [-0.4, -0.2) is 17.7 Å². The molecule has 0 saturated heterocycles. The number of hydrogen-bond acceptors (Lipinski definition) is 5. The molecule has 0 aliphatic carbocycles. The zero-order valence-corrected chi connectivity index (χ0v) is 15.0. The van der Waals surface area contributed by atoms with Crippen molar-refractivity contribution >= 4 is 29.0 Å². The molecular formula is C20H16ClN3O3. The van der Waals surface area contributed by atoms with Gasteiger partial charge in [0.25, 0.3) is 5.91 Å². The molecule has 2 aromatic carbocycles. The van der Waals surface area contributed by atoms with Crippen molar-refractivity contribution in [3.05, 3.63) is 76.9 Å². The number of carbonyl (C=O) groups excluding carboxylic acids is 1. The fraction of sp³-hybridized carbons (Fsp3) is 0.100. The summed E-state index contributed by atoms with van der Waals surface area (Å²) in [7, 11) is 0. The van der Waals surface area contributed by atoms with Crippen molar-refractivity contribution in [2.24, 2.45) is 0 Å². The van der Waals surface area contributed by atoms with Crippen molar-refractivity contribution in [2.75, 3.05) is 17.4 Å². The molecule has 2 heterocycles. The highest BCUT2D eigenvalue weighted by Crippen LogP contribution is 2.32. The second-order valence-corrected chi connectivity index (χ2v) is 6.31. The Kier molecular flexibility index (Phi) is 4.80. The van der Waals surface area contributed by atoms with Gasteiger partial charge in [-0.1, -0.05) is 29.8 Å². The smallest absolute Gasteiger partial charge is 0.257 e. The third kappa shape index (κ3) is 3.96. The predicted octanol–water partition coefficient (Wildman–Crippen LogP) is 4.33. The van der Waals surface area contributed by atoms with Gasteiger partial charge in [0.05, 0.1) is 16.3 Å². The summed E-state index contributed by atoms with van der Waals surface area (Å²) in [5.41, 5.74) is 2.05. The van der Waals surface area contributed by atoms with Crippen LogP contribution >= 0.6 is 11.6 Å². The van der Waals surface area contributed by atoms with Gasteiger partial charge in [-0.2, -0.15) is 0 Å². The maximum Gasteiger partial charge on any atom is 0.257 e. The van der Waals surface area contributed by atoms with E-state index in [0.717, 1.165) is 17.1 Å². The number of amides is 1. The maximum atomic E-state index is 12.3. The molecule has 0 atom stereocenters. The SMILES string of the molecule is O=C(Nc1ccccc1Cl)c1ccc(NCc2ccc3c(c2)OCO3)nc1. The number of para-hydroxylation sites is 1. The first-order valence-electron chi connectivity index (χ1n) is 8.33. The lowest BCUT2D eigenvalue weighted by Gasteiger charge is -2.09. The van der Waals surface area contributed by atoms with Gasteiger partial charge in [-0.3, -0.25) is 4.79 Å². The molecule has 6 nitrogen and oxygen atoms in total. The van der Waals surface area contributed by atoms with Gasteiger partial charge in [0.2, 0.25) is 6.79 Å². The zero-order chi connectivity index (χ0) is 18.6. The lowest BCUT2D eigenvalue weighted by atomic mass is 10.2. The number of aromatic nitrogens is 1. The number of halogens is 1. The molecule has 27 heavy (non-hydrogen) atoms. The summed E-state index contributed by atoms with van der Waals surface area (Å²) < 4.78 is 10.7. The Balaban J connectivity index is 1.37. The number of ether oxygens (including phenoxy) is 2. The molecule has 0 bridgehead atoms. The molecule has 4 rings (SSSR count). The van der Waals surface area contributed by atoms with Crippen LogP contribution in [0.15, 0.2) is 60.8 Å². The van der Waals surface area contributed by atoms with Gasteiger partial charge in [-0.15, -0.1) is 0 Å². The molecule has 0 unspecified atom stereocenters. The second kappa shape index (κ2) is 7.55. The average molecular weight is 382 g/mol. The number of benzene rings is 2. The third-order valence-electron chi connectivity index (χ3n) is 4.06. The first kappa shape index (κ1) is 17.2. The van der Waals surface area contributed by atoms with Gasteiger partial charge in [-0.25, -0.2) is 4.98 Å². The van der Waals surface area contributed by atoms with Crippen LogP contribution in [0.5, 0.6) is 11.5 Å². The number of carbonyl (C=O) groups is 1. The molecule has 1 aliphatic heterocycles. The van der Waals surface area contributed by atoms with Crippen LogP contribution in [0, 0.1) is 0 Å². The Morgan fingerprint density at radius 3 is 2.74 bits per heavy atom. The number of hydrogen-bond donors (Lipinski definition) is 2. The van der Waals surface area contributed by atoms with Crippen molar-refractivity contribution in [3.8, 4) is 11.5 Å². The average Bonchev–Trinajstić information content (AvgIpc) is 3.16. The summed E-state index contributed by atoms with van der Waals surface area (Å²) in [4.78, 5) is 16.6. The number of pyridine rings is 1. The van der Waals surface area contributed by atoms with E-state index in [9.17, 15) is 4.79 Å². The fourth-order valence-corrected chi connectivity index (χ4v) is 2.82. The second-order valence-electron chi connectivity index (χ2n) is 5.91. The molecular weight excluding hydrogens is 366 g/mol. The van der Waals surface area contributed by atoms with Gasteiger partial charge in [0.1, 0.15) is 5.82 Å². The Bertz CT molecular complexity index is 976. The van der Waals surface area contributed by atoms with E-state index in [2.05, 4.69) is 15.6 Å². The number of anilines is 2. The van der Waals surface area contributed by atoms with E-state index in [1.54, 1.807) is 30.3 Å². The highest BCUT2D eigenvalue weighted by Gasteiger charge is 2.13. The molecule has 0 radical (unpaired) electrons. The summed E-state index contributed by atoms with van der Waals surface area (Å²) >= 11 is 6.06. The number of rotatable bonds is 5. The van der Waals surface area contributed by atoms with E-state index >= 15 is 0 Å². The van der Waals surface area contributed by atoms with E-state index in [0.29, 0.717) is 28.6 Å². The molecule has 7 heteroatoms. The highest BCUT2D eigenvalue weighted by atomic mass is 35.5. The van der Waals surface area contributed by atoms with Gasteiger partial charge >= 0.3 is 0 Å². The molecule has 136 valence electrons. The first-order valence-corrected chi connectivity index (χ1v) is 8.71. The van der Waals surface area contributed by atoms with Crippen molar-refractivity contribution < 1.29 is 14.3 Å². The van der Waals surface area contributed by atoms with Crippen molar-refractivity contribution in [2.45, 2.75) is 6.54 Å². The molecule has 1 aromatic heterocycles. The topological polar surface area (TPSA) is 72.5 Å². The molecule has 0 spiro atoms. The van der Waals surface area contributed by atoms with Crippen LogP contribution < -0.4 is 20.1 Å². The first-order chi connectivity index (χ1) is 13.2. The van der Waals surface area contributed by atoms with Crippen molar-refractivity contribution in [1.82, 2.24) is 4.98 Å². The minimum absolute atomic E-state index is 0.255. The van der Waals surface area contributed by atoms with Crippen LogP contribution in [0.4, 0.5) is 11.5 Å². The molecule has 0 saturated carbocycles. The van der Waals surface area contributed by atoms with Crippen LogP contribution in [0.2, 0.25) is 5.02 Å². The summed E-state index contributed by atoms with van der Waals surface area (Å²) in [6, 6.07) is 16.3. The van der Waals surface area contributed by atoms with Crippen molar-refractivity contribution in [1.29, 1.82) is 0 Å². The standard InChI is InChI=1S/C20H16ClN3O3/c21-15-3-1-2-4-16(15)24-20(25)14-6-8-19(23-11-14)22-10-13-5-7-17-18(9-13)27-12-26-17/h1-9,11H,10,12H2,(H,22,23)(H,24,25). The number of nitrogens with zero attached hydrogens (tertiary/aromatic N) is 1. The zero-order valence-electron chi connectivity index (χ0n) is 14.2. The Labute approximate surface area is 161 Å². The van der Waals surface area contributed by atoms with Gasteiger partial charge < -0.3 is 20.1 Å². The summed E-state index contributed by atoms with van der Waals surface area (Å²) in [6.45, 7) is 0.834. The van der Waals surface area contributed by atoms with E-state index in [-0.39, 0.29) is 12.7 Å². The number of nitrogens with one attached hydrogen (secondary N) is 2. The highest BCUT2D eigenvalue weighted by molar-refractivity contribution is 6.33. The monoisotopic (exact) mass is 381 g/mol. The van der Waals surface area contributed by atoms with Gasteiger partial charge in [-0.05, 0) is 42.0 Å². The molecule has 2 N–H and O–H groups in total. The minimum atomic E-state index is -0.266. The summed E-state index contributed by atoms with van der Waals surface area (Å²) in [6.07, 6.45) is 1.52. The lowest BCUT2D eigenvalue weighted by Crippen LogP contribution is -2.12. The molecule has 1 amide bonds. The third-order valence-corrected chi connectivity index (χ3v) is 4.39. The van der Waals surface area contributed by atoms with Crippen LogP contribution in [-0.2, 0) is 6.54 Å². The lowest BCUT2D eigenvalue weighted by molar-refractivity contribution is 0.102. The number of fused-ring (bicyclic) bond motifs is 1. The quantitative estimate of drug-likeness (QED) is 0.688. The van der Waals surface area contributed by atoms with Crippen molar-refractivity contribution in [3.63, 3.8) is 0 Å². The maximum absolute atomic E-state index is 12.3. The van der Waals surface area contributed by atoms with E-state index in [1.807, 2.05) is 24.3 Å². The van der Waals surface area contributed by atoms with Gasteiger partial charge in [0.15, 0.2) is 11.5 Å². The van der Waals surface area contributed by atoms with E-state index in [4.69, 9.17) is 21.1 Å². The van der Waals surface area contributed by atoms with E-state index < -0.39 is 0 Å². The molecule has 1 aliphatic rings. The fourth-order valence-electron chi connectivity index (χ4n) is 2.63. The largest absolute Gasteiger partial charge is 0.454 e. The van der Waals surface area contributed by atoms with Crippen LogP contribution in [0.1, 0.15) is 15.9 Å². The Hall–Kier alpha value is -3.25. The van der Waals surface area contributed by atoms with Gasteiger partial charge in [0, 0.05) is 12.7 Å². The molecule has 3 aromatic rings. The van der Waals surface area contributed by atoms with Crippen LogP contribution in [0.25, 0.3) is 0 Å². The Morgan fingerprint density at radius 1 is 1.07 bits per heavy atom. The summed E-state index contributed by atoms with van der Waals surface area (Å²) in [5, 5.41) is 6.47.